The quantitative estimate of drug-likeness (QED) is 0.718. The summed E-state index contributed by atoms with van der Waals surface area (Å²) in [6.07, 6.45) is 1.76. The third-order valence-corrected chi connectivity index (χ3v) is 6.48. The fourth-order valence-corrected chi connectivity index (χ4v) is 4.87. The third kappa shape index (κ3) is 3.16. The highest BCUT2D eigenvalue weighted by molar-refractivity contribution is 7.89. The van der Waals surface area contributed by atoms with E-state index in [9.17, 15) is 21.6 Å². The first-order valence-corrected chi connectivity index (χ1v) is 9.68. The largest absolute Gasteiger partial charge is 0.416 e. The SMILES string of the molecule is O=S(=O)(c1ccc(C(F)(F)F)cc1)N1CCc2[nH]ncc2C1c1cncnc1. The lowest BCUT2D eigenvalue weighted by atomic mass is 9.97. The molecule has 1 aliphatic heterocycles. The molecule has 0 amide bonds. The molecule has 0 fully saturated rings. The molecule has 11 heteroatoms. The zero-order valence-electron chi connectivity index (χ0n) is 14.3. The number of fused-ring (bicyclic) bond motifs is 1. The van der Waals surface area contributed by atoms with Gasteiger partial charge >= 0.3 is 6.18 Å². The van der Waals surface area contributed by atoms with E-state index >= 15 is 0 Å². The zero-order chi connectivity index (χ0) is 19.9. The van der Waals surface area contributed by atoms with E-state index < -0.39 is 27.8 Å². The Hall–Kier alpha value is -2.79. The molecule has 0 aliphatic carbocycles. The van der Waals surface area contributed by atoms with Crippen molar-refractivity contribution in [2.24, 2.45) is 0 Å². The molecule has 1 aromatic carbocycles. The highest BCUT2D eigenvalue weighted by Gasteiger charge is 2.39. The van der Waals surface area contributed by atoms with Gasteiger partial charge in [-0.2, -0.15) is 22.6 Å². The van der Waals surface area contributed by atoms with Gasteiger partial charge in [0.15, 0.2) is 0 Å². The molecule has 4 rings (SSSR count). The zero-order valence-corrected chi connectivity index (χ0v) is 15.1. The summed E-state index contributed by atoms with van der Waals surface area (Å²) in [7, 11) is -4.07. The number of H-pyrrole nitrogens is 1. The predicted octanol–water partition coefficient (Wildman–Crippen LogP) is 2.55. The normalized spacial score (nSPS) is 18.0. The summed E-state index contributed by atoms with van der Waals surface area (Å²) in [5.74, 6) is 0. The average molecular weight is 409 g/mol. The van der Waals surface area contributed by atoms with Crippen LogP contribution in [0, 0.1) is 0 Å². The molecule has 0 radical (unpaired) electrons. The van der Waals surface area contributed by atoms with Gasteiger partial charge in [-0.3, -0.25) is 5.10 Å². The van der Waals surface area contributed by atoms with Crippen LogP contribution in [0.5, 0.6) is 0 Å². The van der Waals surface area contributed by atoms with Crippen molar-refractivity contribution < 1.29 is 21.6 Å². The summed E-state index contributed by atoms with van der Waals surface area (Å²) in [6.45, 7) is 0.137. The first-order chi connectivity index (χ1) is 13.3. The molecule has 1 unspecified atom stereocenters. The number of aromatic nitrogens is 4. The first kappa shape index (κ1) is 18.6. The summed E-state index contributed by atoms with van der Waals surface area (Å²) in [5.41, 5.74) is 1.10. The minimum atomic E-state index is -4.54. The van der Waals surface area contributed by atoms with Gasteiger partial charge in [0, 0.05) is 42.2 Å². The molecular weight excluding hydrogens is 395 g/mol. The van der Waals surface area contributed by atoms with Gasteiger partial charge in [0.2, 0.25) is 10.0 Å². The van der Waals surface area contributed by atoms with Crippen molar-refractivity contribution in [3.8, 4) is 0 Å². The van der Waals surface area contributed by atoms with Crippen LogP contribution in [0.4, 0.5) is 13.2 Å². The maximum atomic E-state index is 13.2. The minimum absolute atomic E-state index is 0.137. The Labute approximate surface area is 158 Å². The van der Waals surface area contributed by atoms with Crippen molar-refractivity contribution >= 4 is 10.0 Å². The summed E-state index contributed by atoms with van der Waals surface area (Å²) in [5, 5.41) is 6.85. The lowest BCUT2D eigenvalue weighted by Gasteiger charge is -2.34. The molecule has 3 heterocycles. The van der Waals surface area contributed by atoms with Crippen LogP contribution in [-0.2, 0) is 22.6 Å². The Balaban J connectivity index is 1.78. The van der Waals surface area contributed by atoms with E-state index in [2.05, 4.69) is 20.2 Å². The lowest BCUT2D eigenvalue weighted by molar-refractivity contribution is -0.137. The molecular formula is C17H14F3N5O2S. The average Bonchev–Trinajstić information content (AvgIpc) is 3.16. The number of sulfonamides is 1. The molecule has 0 saturated carbocycles. The predicted molar refractivity (Wildman–Crippen MR) is 91.5 cm³/mol. The second-order valence-corrected chi connectivity index (χ2v) is 8.16. The molecule has 1 N–H and O–H groups in total. The molecule has 3 aromatic rings. The van der Waals surface area contributed by atoms with Crippen molar-refractivity contribution in [1.29, 1.82) is 0 Å². The number of hydrogen-bond donors (Lipinski definition) is 1. The van der Waals surface area contributed by atoms with E-state index in [-0.39, 0.29) is 11.4 Å². The van der Waals surface area contributed by atoms with Crippen molar-refractivity contribution in [2.45, 2.75) is 23.5 Å². The van der Waals surface area contributed by atoms with Gasteiger partial charge in [0.05, 0.1) is 22.7 Å². The van der Waals surface area contributed by atoms with Crippen molar-refractivity contribution in [2.75, 3.05) is 6.54 Å². The van der Waals surface area contributed by atoms with Crippen molar-refractivity contribution in [3.05, 3.63) is 71.6 Å². The molecule has 7 nitrogen and oxygen atoms in total. The lowest BCUT2D eigenvalue weighted by Crippen LogP contribution is -2.40. The maximum Gasteiger partial charge on any atom is 0.416 e. The summed E-state index contributed by atoms with van der Waals surface area (Å²) in [4.78, 5) is 7.70. The molecule has 1 atom stereocenters. The van der Waals surface area contributed by atoms with Gasteiger partial charge in [-0.05, 0) is 24.3 Å². The summed E-state index contributed by atoms with van der Waals surface area (Å²) < 4.78 is 66.1. The van der Waals surface area contributed by atoms with Crippen LogP contribution in [0.3, 0.4) is 0 Å². The molecule has 0 spiro atoms. The standard InChI is InChI=1S/C17H14F3N5O2S/c18-17(19,20)12-1-3-13(4-2-12)28(26,27)25-6-5-15-14(9-23-24-15)16(25)11-7-21-10-22-8-11/h1-4,7-10,16H,5-6H2,(H,23,24). The van der Waals surface area contributed by atoms with Crippen molar-refractivity contribution in [3.63, 3.8) is 0 Å². The van der Waals surface area contributed by atoms with E-state index in [1.54, 1.807) is 6.20 Å². The van der Waals surface area contributed by atoms with Crippen molar-refractivity contribution in [1.82, 2.24) is 24.5 Å². The van der Waals surface area contributed by atoms with E-state index in [1.807, 2.05) is 0 Å². The van der Waals surface area contributed by atoms with Crippen LogP contribution in [0.2, 0.25) is 0 Å². The molecule has 2 aromatic heterocycles. The Bertz CT molecular complexity index is 1080. The molecule has 146 valence electrons. The van der Waals surface area contributed by atoms with Gasteiger partial charge in [0.25, 0.3) is 0 Å². The van der Waals surface area contributed by atoms with E-state index in [1.165, 1.54) is 23.0 Å². The van der Waals surface area contributed by atoms with Crippen LogP contribution in [-0.4, -0.2) is 39.4 Å². The summed E-state index contributed by atoms with van der Waals surface area (Å²) in [6, 6.07) is 2.75. The Morgan fingerprint density at radius 1 is 1.07 bits per heavy atom. The number of aromatic amines is 1. The Morgan fingerprint density at radius 2 is 1.75 bits per heavy atom. The van der Waals surface area contributed by atoms with Crippen LogP contribution in [0.15, 0.2) is 54.1 Å². The second-order valence-electron chi connectivity index (χ2n) is 6.27. The number of rotatable bonds is 3. The highest BCUT2D eigenvalue weighted by atomic mass is 32.2. The van der Waals surface area contributed by atoms with Crippen LogP contribution in [0.25, 0.3) is 0 Å². The topological polar surface area (TPSA) is 91.8 Å². The summed E-state index contributed by atoms with van der Waals surface area (Å²) >= 11 is 0. The first-order valence-electron chi connectivity index (χ1n) is 8.24. The highest BCUT2D eigenvalue weighted by Crippen LogP contribution is 2.38. The monoisotopic (exact) mass is 409 g/mol. The number of nitrogens with zero attached hydrogens (tertiary/aromatic N) is 4. The number of nitrogens with one attached hydrogen (secondary N) is 1. The van der Waals surface area contributed by atoms with Crippen LogP contribution < -0.4 is 0 Å². The van der Waals surface area contributed by atoms with Crippen LogP contribution in [0.1, 0.15) is 28.4 Å². The van der Waals surface area contributed by atoms with E-state index in [4.69, 9.17) is 0 Å². The number of halogens is 3. The maximum absolute atomic E-state index is 13.2. The fourth-order valence-electron chi connectivity index (χ4n) is 3.27. The third-order valence-electron chi connectivity index (χ3n) is 4.60. The smallest absolute Gasteiger partial charge is 0.282 e. The van der Waals surface area contributed by atoms with Gasteiger partial charge in [-0.15, -0.1) is 0 Å². The Kier molecular flexibility index (Phi) is 4.42. The number of alkyl halides is 3. The van der Waals surface area contributed by atoms with Gasteiger partial charge < -0.3 is 0 Å². The molecule has 0 bridgehead atoms. The minimum Gasteiger partial charge on any atom is -0.282 e. The fraction of sp³-hybridized carbons (Fsp3) is 0.235. The molecule has 28 heavy (non-hydrogen) atoms. The Morgan fingerprint density at radius 3 is 2.39 bits per heavy atom. The van der Waals surface area contributed by atoms with Gasteiger partial charge in [-0.25, -0.2) is 18.4 Å². The van der Waals surface area contributed by atoms with Crippen LogP contribution >= 0.6 is 0 Å². The van der Waals surface area contributed by atoms with Gasteiger partial charge in [-0.1, -0.05) is 0 Å². The number of benzene rings is 1. The number of hydrogen-bond acceptors (Lipinski definition) is 5. The second kappa shape index (κ2) is 6.67. The molecule has 0 saturated heterocycles. The van der Waals surface area contributed by atoms with E-state index in [0.29, 0.717) is 17.5 Å². The van der Waals surface area contributed by atoms with E-state index in [0.717, 1.165) is 30.0 Å². The molecule has 1 aliphatic rings. The van der Waals surface area contributed by atoms with Gasteiger partial charge in [0.1, 0.15) is 6.33 Å².